The van der Waals surface area contributed by atoms with Gasteiger partial charge in [0.15, 0.2) is 5.00 Å². The summed E-state index contributed by atoms with van der Waals surface area (Å²) in [6, 6.07) is 9.44. The van der Waals surface area contributed by atoms with Gasteiger partial charge < -0.3 is 5.73 Å². The summed E-state index contributed by atoms with van der Waals surface area (Å²) in [5.41, 5.74) is 8.99. The molecule has 0 radical (unpaired) electrons. The summed E-state index contributed by atoms with van der Waals surface area (Å²) in [5.74, 6) is 0. The van der Waals surface area contributed by atoms with E-state index in [1.807, 2.05) is 6.92 Å². The minimum atomic E-state index is 0.406. The zero-order chi connectivity index (χ0) is 14.7. The van der Waals surface area contributed by atoms with Crippen LogP contribution in [0.1, 0.15) is 21.6 Å². The van der Waals surface area contributed by atoms with Gasteiger partial charge in [0.2, 0.25) is 0 Å². The summed E-state index contributed by atoms with van der Waals surface area (Å²) in [6.45, 7) is 3.62. The van der Waals surface area contributed by atoms with Crippen molar-refractivity contribution in [1.29, 1.82) is 10.5 Å². The fraction of sp³-hybridized carbons (Fsp3) is 0.143. The molecule has 0 atom stereocenters. The van der Waals surface area contributed by atoms with Crippen LogP contribution >= 0.6 is 11.3 Å². The zero-order valence-electron chi connectivity index (χ0n) is 11.0. The Morgan fingerprint density at radius 3 is 2.50 bits per heavy atom. The van der Waals surface area contributed by atoms with Crippen molar-refractivity contribution < 1.29 is 0 Å². The Morgan fingerprint density at radius 1 is 1.15 bits per heavy atom. The maximum atomic E-state index is 9.13. The second-order valence-corrected chi connectivity index (χ2v) is 5.20. The van der Waals surface area contributed by atoms with Crippen LogP contribution in [-0.2, 0) is 0 Å². The molecular weight excluding hydrogens is 270 g/mol. The minimum Gasteiger partial charge on any atom is -0.399 e. The Bertz CT molecular complexity index is 774. The molecule has 0 fully saturated rings. The van der Waals surface area contributed by atoms with Crippen LogP contribution in [0.15, 0.2) is 28.4 Å². The van der Waals surface area contributed by atoms with E-state index in [1.54, 1.807) is 25.1 Å². The molecular formula is C14H11N5S. The highest BCUT2D eigenvalue weighted by Gasteiger charge is 2.14. The van der Waals surface area contributed by atoms with Gasteiger partial charge in [0.05, 0.1) is 11.3 Å². The van der Waals surface area contributed by atoms with Crippen LogP contribution in [0.4, 0.5) is 16.4 Å². The van der Waals surface area contributed by atoms with Crippen molar-refractivity contribution >= 4 is 27.7 Å². The second kappa shape index (κ2) is 5.52. The topological polar surface area (TPSA) is 98.3 Å². The molecule has 2 N–H and O–H groups in total. The fourth-order valence-corrected chi connectivity index (χ4v) is 2.57. The van der Waals surface area contributed by atoms with Gasteiger partial charge in [0.1, 0.15) is 17.0 Å². The summed E-state index contributed by atoms with van der Waals surface area (Å²) >= 11 is 1.17. The first kappa shape index (κ1) is 13.7. The molecule has 2 aromatic rings. The van der Waals surface area contributed by atoms with Gasteiger partial charge in [-0.15, -0.1) is 21.6 Å². The lowest BCUT2D eigenvalue weighted by Crippen LogP contribution is -1.84. The molecule has 0 spiro atoms. The molecule has 1 aromatic heterocycles. The van der Waals surface area contributed by atoms with E-state index in [4.69, 9.17) is 16.3 Å². The number of thiophene rings is 1. The zero-order valence-corrected chi connectivity index (χ0v) is 11.8. The smallest absolute Gasteiger partial charge is 0.158 e. The third kappa shape index (κ3) is 2.51. The molecule has 6 heteroatoms. The SMILES string of the molecule is Cc1cc(N)ccc1N=Nc1sc(C#N)c(C)c1C#N. The van der Waals surface area contributed by atoms with E-state index in [0.29, 0.717) is 32.4 Å². The van der Waals surface area contributed by atoms with Gasteiger partial charge in [-0.25, -0.2) is 0 Å². The lowest BCUT2D eigenvalue weighted by Gasteiger charge is -1.99. The van der Waals surface area contributed by atoms with E-state index in [9.17, 15) is 0 Å². The number of nitrogen functional groups attached to an aromatic ring is 1. The summed E-state index contributed by atoms with van der Waals surface area (Å²) < 4.78 is 0. The first-order chi connectivity index (χ1) is 9.56. The highest BCUT2D eigenvalue weighted by molar-refractivity contribution is 7.16. The Kier molecular flexibility index (Phi) is 3.79. The molecule has 1 heterocycles. The van der Waals surface area contributed by atoms with Crippen LogP contribution in [0.3, 0.4) is 0 Å². The summed E-state index contributed by atoms with van der Waals surface area (Å²) in [6.07, 6.45) is 0. The minimum absolute atomic E-state index is 0.406. The number of hydrogen-bond donors (Lipinski definition) is 1. The molecule has 5 nitrogen and oxygen atoms in total. The van der Waals surface area contributed by atoms with E-state index in [-0.39, 0.29) is 0 Å². The normalized spacial score (nSPS) is 10.4. The first-order valence-corrected chi connectivity index (χ1v) is 6.60. The number of nitrogens with zero attached hydrogens (tertiary/aromatic N) is 4. The summed E-state index contributed by atoms with van der Waals surface area (Å²) in [4.78, 5) is 0.490. The highest BCUT2D eigenvalue weighted by Crippen LogP contribution is 2.35. The van der Waals surface area contributed by atoms with E-state index in [2.05, 4.69) is 22.4 Å². The van der Waals surface area contributed by atoms with Gasteiger partial charge in [-0.05, 0) is 43.2 Å². The molecule has 0 aliphatic heterocycles. The van der Waals surface area contributed by atoms with Crippen molar-refractivity contribution in [2.24, 2.45) is 10.2 Å². The van der Waals surface area contributed by atoms with E-state index >= 15 is 0 Å². The number of nitriles is 2. The fourth-order valence-electron chi connectivity index (χ4n) is 1.70. The predicted octanol–water partition coefficient (Wildman–Crippen LogP) is 4.11. The highest BCUT2D eigenvalue weighted by atomic mass is 32.1. The third-order valence-electron chi connectivity index (χ3n) is 2.81. The van der Waals surface area contributed by atoms with Crippen LogP contribution in [0.25, 0.3) is 0 Å². The van der Waals surface area contributed by atoms with Crippen LogP contribution in [0.5, 0.6) is 0 Å². The molecule has 2 rings (SSSR count). The third-order valence-corrected chi connectivity index (χ3v) is 3.89. The first-order valence-electron chi connectivity index (χ1n) is 5.78. The van der Waals surface area contributed by atoms with Crippen molar-refractivity contribution in [2.45, 2.75) is 13.8 Å². The van der Waals surface area contributed by atoms with Gasteiger partial charge in [0.25, 0.3) is 0 Å². The molecule has 0 amide bonds. The number of nitrogens with two attached hydrogens (primary N) is 1. The van der Waals surface area contributed by atoms with E-state index in [0.717, 1.165) is 5.56 Å². The van der Waals surface area contributed by atoms with Crippen molar-refractivity contribution in [3.8, 4) is 12.1 Å². The molecule has 20 heavy (non-hydrogen) atoms. The quantitative estimate of drug-likeness (QED) is 0.662. The molecule has 1 aromatic carbocycles. The molecule has 0 saturated heterocycles. The Morgan fingerprint density at radius 2 is 1.90 bits per heavy atom. The van der Waals surface area contributed by atoms with Crippen LogP contribution in [0.2, 0.25) is 0 Å². The van der Waals surface area contributed by atoms with Crippen molar-refractivity contribution in [1.82, 2.24) is 0 Å². The average Bonchev–Trinajstić information content (AvgIpc) is 2.73. The number of azo groups is 1. The van der Waals surface area contributed by atoms with Gasteiger partial charge in [-0.1, -0.05) is 0 Å². The van der Waals surface area contributed by atoms with E-state index in [1.165, 1.54) is 11.3 Å². The Labute approximate surface area is 120 Å². The molecule has 0 aliphatic carbocycles. The second-order valence-electron chi connectivity index (χ2n) is 4.21. The molecule has 98 valence electrons. The molecule has 0 aliphatic rings. The van der Waals surface area contributed by atoms with E-state index < -0.39 is 0 Å². The molecule has 0 saturated carbocycles. The van der Waals surface area contributed by atoms with Gasteiger partial charge >= 0.3 is 0 Å². The summed E-state index contributed by atoms with van der Waals surface area (Å²) in [7, 11) is 0. The number of benzene rings is 1. The lowest BCUT2D eigenvalue weighted by atomic mass is 10.2. The summed E-state index contributed by atoms with van der Waals surface area (Å²) in [5, 5.41) is 26.8. The number of aryl methyl sites for hydroxylation is 1. The van der Waals surface area contributed by atoms with Crippen LogP contribution in [-0.4, -0.2) is 0 Å². The monoisotopic (exact) mass is 281 g/mol. The van der Waals surface area contributed by atoms with Gasteiger partial charge in [-0.2, -0.15) is 10.5 Å². The van der Waals surface area contributed by atoms with Crippen molar-refractivity contribution in [3.05, 3.63) is 39.8 Å². The largest absolute Gasteiger partial charge is 0.399 e. The maximum absolute atomic E-state index is 9.13. The maximum Gasteiger partial charge on any atom is 0.158 e. The van der Waals surface area contributed by atoms with Gasteiger partial charge in [0, 0.05) is 5.69 Å². The number of anilines is 1. The standard InChI is InChI=1S/C14H11N5S/c1-8-5-10(17)3-4-12(8)18-19-14-11(6-15)9(2)13(7-16)20-14/h3-5H,17H2,1-2H3. The number of rotatable bonds is 2. The van der Waals surface area contributed by atoms with Crippen LogP contribution < -0.4 is 5.73 Å². The van der Waals surface area contributed by atoms with Crippen molar-refractivity contribution in [3.63, 3.8) is 0 Å². The van der Waals surface area contributed by atoms with Crippen LogP contribution in [0, 0.1) is 36.5 Å². The predicted molar refractivity (Wildman–Crippen MR) is 78.3 cm³/mol. The Balaban J connectivity index is 2.42. The average molecular weight is 281 g/mol. The molecule has 0 unspecified atom stereocenters. The lowest BCUT2D eigenvalue weighted by molar-refractivity contribution is 1.22. The Hall–Kier alpha value is -2.70. The number of hydrogen-bond acceptors (Lipinski definition) is 6. The van der Waals surface area contributed by atoms with Crippen molar-refractivity contribution in [2.75, 3.05) is 5.73 Å². The molecule has 0 bridgehead atoms. The van der Waals surface area contributed by atoms with Gasteiger partial charge in [-0.3, -0.25) is 0 Å².